The maximum atomic E-state index is 6.23. The number of benzene rings is 1. The first-order valence-corrected chi connectivity index (χ1v) is 10.1. The predicted octanol–water partition coefficient (Wildman–Crippen LogP) is 4.98. The first-order chi connectivity index (χ1) is 13.2. The summed E-state index contributed by atoms with van der Waals surface area (Å²) in [5.74, 6) is 0.842. The monoisotopic (exact) mass is 415 g/mol. The third-order valence-electron chi connectivity index (χ3n) is 4.60. The Morgan fingerprint density at radius 2 is 2.00 bits per heavy atom. The minimum Gasteiger partial charge on any atom is -0.497 e. The van der Waals surface area contributed by atoms with E-state index in [-0.39, 0.29) is 12.1 Å². The molecule has 0 saturated carbocycles. The number of pyridine rings is 1. The van der Waals surface area contributed by atoms with Crippen LogP contribution < -0.4 is 10.1 Å². The molecular formula is C20H18ClN3OS2. The van der Waals surface area contributed by atoms with Gasteiger partial charge in [0.25, 0.3) is 0 Å². The standard InChI is InChI=1S/C20H18ClN3OS2/c1-25-14-7-5-13(6-8-14)12-24-19(16-9-10-17(21)27-16)18(23-20(24)26)15-4-2-3-11-22-15/h2-11,18-19H,12H2,1H3,(H,23,26). The molecule has 138 valence electrons. The smallest absolute Gasteiger partial charge is 0.170 e. The topological polar surface area (TPSA) is 37.4 Å². The van der Waals surface area contributed by atoms with E-state index in [0.29, 0.717) is 6.54 Å². The van der Waals surface area contributed by atoms with Gasteiger partial charge in [0.05, 0.1) is 29.2 Å². The Balaban J connectivity index is 1.68. The van der Waals surface area contributed by atoms with Crippen LogP contribution in [0.15, 0.2) is 60.8 Å². The van der Waals surface area contributed by atoms with Crippen molar-refractivity contribution in [2.24, 2.45) is 0 Å². The first-order valence-electron chi connectivity index (χ1n) is 8.52. The maximum Gasteiger partial charge on any atom is 0.170 e. The molecule has 0 spiro atoms. The summed E-state index contributed by atoms with van der Waals surface area (Å²) in [6, 6.07) is 18.0. The average molecular weight is 416 g/mol. The molecule has 0 aliphatic carbocycles. The highest BCUT2D eigenvalue weighted by molar-refractivity contribution is 7.80. The first kappa shape index (κ1) is 18.2. The molecule has 27 heavy (non-hydrogen) atoms. The van der Waals surface area contributed by atoms with Crippen LogP contribution in [0.5, 0.6) is 5.75 Å². The van der Waals surface area contributed by atoms with E-state index >= 15 is 0 Å². The fourth-order valence-electron chi connectivity index (χ4n) is 3.30. The van der Waals surface area contributed by atoms with Crippen molar-refractivity contribution in [2.45, 2.75) is 18.6 Å². The second-order valence-corrected chi connectivity index (χ2v) is 8.38. The molecule has 1 aromatic carbocycles. The van der Waals surface area contributed by atoms with Gasteiger partial charge < -0.3 is 15.0 Å². The Morgan fingerprint density at radius 1 is 1.19 bits per heavy atom. The van der Waals surface area contributed by atoms with Crippen LogP contribution in [0.2, 0.25) is 4.34 Å². The number of nitrogens with one attached hydrogen (secondary N) is 1. The van der Waals surface area contributed by atoms with Crippen molar-refractivity contribution in [1.29, 1.82) is 0 Å². The lowest BCUT2D eigenvalue weighted by Gasteiger charge is -2.27. The molecule has 7 heteroatoms. The largest absolute Gasteiger partial charge is 0.497 e. The second-order valence-electron chi connectivity index (χ2n) is 6.24. The highest BCUT2D eigenvalue weighted by Gasteiger charge is 2.40. The van der Waals surface area contributed by atoms with Crippen molar-refractivity contribution in [3.8, 4) is 5.75 Å². The number of aromatic nitrogens is 1. The van der Waals surface area contributed by atoms with E-state index in [9.17, 15) is 0 Å². The summed E-state index contributed by atoms with van der Waals surface area (Å²) >= 11 is 13.5. The van der Waals surface area contributed by atoms with Gasteiger partial charge in [0.1, 0.15) is 5.75 Å². The second kappa shape index (κ2) is 7.84. The van der Waals surface area contributed by atoms with Gasteiger partial charge in [0, 0.05) is 17.6 Å². The molecule has 1 fully saturated rings. The van der Waals surface area contributed by atoms with E-state index in [2.05, 4.69) is 33.4 Å². The molecule has 2 unspecified atom stereocenters. The SMILES string of the molecule is COc1ccc(CN2C(=S)NC(c3ccccn3)C2c2ccc(Cl)s2)cc1. The summed E-state index contributed by atoms with van der Waals surface area (Å²) in [5.41, 5.74) is 2.13. The van der Waals surface area contributed by atoms with Crippen molar-refractivity contribution in [2.75, 3.05) is 7.11 Å². The fraction of sp³-hybridized carbons (Fsp3) is 0.200. The Bertz CT molecular complexity index is 930. The lowest BCUT2D eigenvalue weighted by Crippen LogP contribution is -2.28. The fourth-order valence-corrected chi connectivity index (χ4v) is 4.82. The molecule has 1 N–H and O–H groups in total. The van der Waals surface area contributed by atoms with Gasteiger partial charge in [-0.3, -0.25) is 4.98 Å². The van der Waals surface area contributed by atoms with E-state index < -0.39 is 0 Å². The molecule has 3 heterocycles. The highest BCUT2D eigenvalue weighted by Crippen LogP contribution is 2.42. The maximum absolute atomic E-state index is 6.23. The molecular weight excluding hydrogens is 398 g/mol. The summed E-state index contributed by atoms with van der Waals surface area (Å²) in [6.45, 7) is 0.694. The minimum absolute atomic E-state index is 0.0216. The third kappa shape index (κ3) is 3.78. The van der Waals surface area contributed by atoms with Gasteiger partial charge >= 0.3 is 0 Å². The van der Waals surface area contributed by atoms with Crippen molar-refractivity contribution in [1.82, 2.24) is 15.2 Å². The van der Waals surface area contributed by atoms with Gasteiger partial charge in [0.15, 0.2) is 5.11 Å². The molecule has 2 aromatic heterocycles. The van der Waals surface area contributed by atoms with Crippen LogP contribution in [0.3, 0.4) is 0 Å². The molecule has 0 bridgehead atoms. The molecule has 4 nitrogen and oxygen atoms in total. The van der Waals surface area contributed by atoms with Crippen molar-refractivity contribution in [3.63, 3.8) is 0 Å². The predicted molar refractivity (Wildman–Crippen MR) is 113 cm³/mol. The summed E-state index contributed by atoms with van der Waals surface area (Å²) in [5, 5.41) is 4.17. The van der Waals surface area contributed by atoms with Crippen molar-refractivity contribution in [3.05, 3.63) is 81.3 Å². The Morgan fingerprint density at radius 3 is 2.63 bits per heavy atom. The molecule has 2 atom stereocenters. The van der Waals surface area contributed by atoms with Crippen LogP contribution in [0.1, 0.15) is 28.2 Å². The quantitative estimate of drug-likeness (QED) is 0.595. The normalized spacial score (nSPS) is 19.2. The highest BCUT2D eigenvalue weighted by atomic mass is 35.5. The van der Waals surface area contributed by atoms with E-state index in [1.54, 1.807) is 18.4 Å². The summed E-state index contributed by atoms with van der Waals surface area (Å²) in [7, 11) is 1.67. The third-order valence-corrected chi connectivity index (χ3v) is 6.25. The number of thiocarbonyl (C=S) groups is 1. The summed E-state index contributed by atoms with van der Waals surface area (Å²) < 4.78 is 6.03. The molecule has 0 amide bonds. The zero-order valence-corrected chi connectivity index (χ0v) is 17.0. The van der Waals surface area contributed by atoms with Gasteiger partial charge in [-0.1, -0.05) is 29.8 Å². The number of ether oxygens (including phenoxy) is 1. The Labute approximate surface area is 172 Å². The van der Waals surface area contributed by atoms with Crippen LogP contribution in [0.25, 0.3) is 0 Å². The van der Waals surface area contributed by atoms with Gasteiger partial charge in [0.2, 0.25) is 0 Å². The lowest BCUT2D eigenvalue weighted by molar-refractivity contribution is 0.315. The van der Waals surface area contributed by atoms with E-state index in [1.165, 1.54) is 0 Å². The van der Waals surface area contributed by atoms with Crippen LogP contribution in [-0.2, 0) is 6.54 Å². The Kier molecular flexibility index (Phi) is 5.29. The number of thiophene rings is 1. The van der Waals surface area contributed by atoms with Gasteiger partial charge in [-0.2, -0.15) is 0 Å². The number of halogens is 1. The van der Waals surface area contributed by atoms with Crippen molar-refractivity contribution >= 4 is 40.3 Å². The number of methoxy groups -OCH3 is 1. The number of hydrogen-bond donors (Lipinski definition) is 1. The zero-order chi connectivity index (χ0) is 18.8. The molecule has 1 saturated heterocycles. The number of nitrogens with zero attached hydrogens (tertiary/aromatic N) is 2. The van der Waals surface area contributed by atoms with Crippen molar-refractivity contribution < 1.29 is 4.74 Å². The van der Waals surface area contributed by atoms with E-state index in [1.807, 2.05) is 42.6 Å². The minimum atomic E-state index is -0.0216. The molecule has 1 aliphatic heterocycles. The summed E-state index contributed by atoms with van der Waals surface area (Å²) in [4.78, 5) is 7.92. The van der Waals surface area contributed by atoms with Crippen LogP contribution in [-0.4, -0.2) is 22.1 Å². The molecule has 0 radical (unpaired) electrons. The van der Waals surface area contributed by atoms with E-state index in [0.717, 1.165) is 31.3 Å². The van der Waals surface area contributed by atoms with Crippen LogP contribution in [0, 0.1) is 0 Å². The number of rotatable bonds is 5. The zero-order valence-electron chi connectivity index (χ0n) is 14.6. The van der Waals surface area contributed by atoms with E-state index in [4.69, 9.17) is 28.6 Å². The average Bonchev–Trinajstić information content (AvgIpc) is 3.26. The summed E-state index contributed by atoms with van der Waals surface area (Å²) in [6.07, 6.45) is 1.81. The van der Waals surface area contributed by atoms with Gasteiger partial charge in [-0.05, 0) is 54.2 Å². The lowest BCUT2D eigenvalue weighted by atomic mass is 10.0. The molecule has 3 aromatic rings. The van der Waals surface area contributed by atoms with Gasteiger partial charge in [-0.25, -0.2) is 0 Å². The van der Waals surface area contributed by atoms with Crippen LogP contribution in [0.4, 0.5) is 0 Å². The van der Waals surface area contributed by atoms with Crippen LogP contribution >= 0.6 is 35.2 Å². The number of hydrogen-bond acceptors (Lipinski definition) is 4. The molecule has 4 rings (SSSR count). The Hall–Kier alpha value is -2.15. The molecule has 1 aliphatic rings. The van der Waals surface area contributed by atoms with Gasteiger partial charge in [-0.15, -0.1) is 11.3 Å².